The topological polar surface area (TPSA) is 62.1 Å². The number of hydrogen-bond donors (Lipinski definition) is 1. The van der Waals surface area contributed by atoms with E-state index >= 15 is 0 Å². The lowest BCUT2D eigenvalue weighted by Crippen LogP contribution is -3.12. The van der Waals surface area contributed by atoms with Gasteiger partial charge in [0, 0.05) is 6.54 Å². The second kappa shape index (κ2) is 7.43. The number of aryl methyl sites for hydroxylation is 1. The molecule has 0 saturated carbocycles. The number of nitrogens with zero attached hydrogens (tertiary/aromatic N) is 2. The molecule has 2 aliphatic heterocycles. The van der Waals surface area contributed by atoms with E-state index in [1.807, 2.05) is 11.8 Å². The van der Waals surface area contributed by atoms with Gasteiger partial charge in [0.1, 0.15) is 6.04 Å². The number of hydrogen-bond acceptors (Lipinski definition) is 3. The van der Waals surface area contributed by atoms with Crippen molar-refractivity contribution in [2.45, 2.75) is 37.1 Å². The fraction of sp³-hybridized carbons (Fsp3) is 0.611. The molecule has 2 aliphatic rings. The molecule has 2 heterocycles. The Bertz CT molecular complexity index is 710. The van der Waals surface area contributed by atoms with Crippen molar-refractivity contribution in [3.8, 4) is 0 Å². The molecule has 1 aromatic carbocycles. The summed E-state index contributed by atoms with van der Waals surface area (Å²) in [6, 6.07) is 6.33. The van der Waals surface area contributed by atoms with E-state index in [9.17, 15) is 13.2 Å². The van der Waals surface area contributed by atoms with Crippen molar-refractivity contribution in [3.63, 3.8) is 0 Å². The van der Waals surface area contributed by atoms with E-state index in [-0.39, 0.29) is 10.8 Å². The van der Waals surface area contributed by atoms with Gasteiger partial charge in [0.2, 0.25) is 15.9 Å². The summed E-state index contributed by atoms with van der Waals surface area (Å²) in [5.41, 5.74) is 1.02. The Hall–Kier alpha value is -1.44. The zero-order valence-electron chi connectivity index (χ0n) is 15.1. The number of carbonyl (C=O) groups is 1. The van der Waals surface area contributed by atoms with Crippen LogP contribution in [0.3, 0.4) is 0 Å². The van der Waals surface area contributed by atoms with Crippen LogP contribution in [0.15, 0.2) is 29.2 Å². The average molecular weight is 367 g/mol. The van der Waals surface area contributed by atoms with Crippen LogP contribution in [0.1, 0.15) is 24.8 Å². The Kier molecular flexibility index (Phi) is 5.46. The third kappa shape index (κ3) is 3.88. The van der Waals surface area contributed by atoms with Gasteiger partial charge >= 0.3 is 0 Å². The fourth-order valence-electron chi connectivity index (χ4n) is 3.60. The number of piperidine rings is 1. The van der Waals surface area contributed by atoms with E-state index < -0.39 is 16.1 Å². The van der Waals surface area contributed by atoms with Gasteiger partial charge in [-0.2, -0.15) is 4.31 Å². The molecule has 0 spiro atoms. The summed E-state index contributed by atoms with van der Waals surface area (Å²) in [6.07, 6.45) is 2.32. The van der Waals surface area contributed by atoms with Crippen molar-refractivity contribution in [2.75, 3.05) is 39.8 Å². The molecule has 0 aromatic heterocycles. The highest BCUT2D eigenvalue weighted by Crippen LogP contribution is 2.26. The number of amides is 1. The molecule has 0 bridgehead atoms. The second-order valence-corrected chi connectivity index (χ2v) is 9.11. The highest BCUT2D eigenvalue weighted by Gasteiger charge is 2.40. The first-order valence-corrected chi connectivity index (χ1v) is 10.5. The molecule has 3 rings (SSSR count). The number of rotatable bonds is 3. The van der Waals surface area contributed by atoms with Crippen molar-refractivity contribution in [2.24, 2.45) is 0 Å². The molecule has 1 N–H and O–H groups in total. The Morgan fingerprint density at radius 3 is 2.36 bits per heavy atom. The molecule has 1 amide bonds. The van der Waals surface area contributed by atoms with Crippen LogP contribution in [-0.4, -0.2) is 69.3 Å². The van der Waals surface area contributed by atoms with Gasteiger partial charge in [-0.15, -0.1) is 0 Å². The van der Waals surface area contributed by atoms with Crippen molar-refractivity contribution < 1.29 is 18.1 Å². The van der Waals surface area contributed by atoms with Crippen LogP contribution in [0, 0.1) is 6.92 Å². The summed E-state index contributed by atoms with van der Waals surface area (Å²) in [5.74, 6) is -0.0251. The third-order valence-corrected chi connectivity index (χ3v) is 7.22. The van der Waals surface area contributed by atoms with Gasteiger partial charge in [0.05, 0.1) is 38.1 Å². The van der Waals surface area contributed by atoms with E-state index in [2.05, 4.69) is 7.05 Å². The molecule has 2 fully saturated rings. The summed E-state index contributed by atoms with van der Waals surface area (Å²) >= 11 is 0. The first kappa shape index (κ1) is 18.4. The van der Waals surface area contributed by atoms with Crippen molar-refractivity contribution in [1.82, 2.24) is 9.21 Å². The minimum atomic E-state index is -3.64. The molecule has 7 heteroatoms. The highest BCUT2D eigenvalue weighted by molar-refractivity contribution is 7.89. The monoisotopic (exact) mass is 366 g/mol. The second-order valence-electron chi connectivity index (χ2n) is 7.22. The first-order chi connectivity index (χ1) is 11.9. The summed E-state index contributed by atoms with van der Waals surface area (Å²) in [6.45, 7) is 5.61. The maximum Gasteiger partial charge on any atom is 0.243 e. The van der Waals surface area contributed by atoms with Gasteiger partial charge in [-0.05, 0) is 31.9 Å². The Morgan fingerprint density at radius 2 is 1.72 bits per heavy atom. The predicted octanol–water partition coefficient (Wildman–Crippen LogP) is -0.105. The molecule has 2 saturated heterocycles. The van der Waals surface area contributed by atoms with Gasteiger partial charge in [0.25, 0.3) is 0 Å². The first-order valence-electron chi connectivity index (χ1n) is 9.08. The van der Waals surface area contributed by atoms with Crippen LogP contribution in [-0.2, 0) is 14.8 Å². The van der Waals surface area contributed by atoms with Crippen LogP contribution in [0.25, 0.3) is 0 Å². The number of carbonyl (C=O) groups excluding carboxylic acids is 1. The molecule has 25 heavy (non-hydrogen) atoms. The molecule has 0 radical (unpaired) electrons. The number of sulfonamides is 1. The summed E-state index contributed by atoms with van der Waals surface area (Å²) in [5, 5.41) is 0. The molecule has 0 unspecified atom stereocenters. The molecular weight excluding hydrogens is 338 g/mol. The minimum absolute atomic E-state index is 0.0251. The van der Waals surface area contributed by atoms with Crippen molar-refractivity contribution in [1.29, 1.82) is 0 Å². The van der Waals surface area contributed by atoms with Crippen LogP contribution < -0.4 is 4.90 Å². The van der Waals surface area contributed by atoms with Gasteiger partial charge in [-0.25, -0.2) is 8.42 Å². The third-order valence-electron chi connectivity index (χ3n) is 5.29. The zero-order chi connectivity index (χ0) is 18.0. The number of nitrogens with one attached hydrogen (secondary N) is 1. The zero-order valence-corrected chi connectivity index (χ0v) is 15.9. The lowest BCUT2D eigenvalue weighted by Gasteiger charge is -2.38. The minimum Gasteiger partial charge on any atom is -0.334 e. The van der Waals surface area contributed by atoms with Crippen LogP contribution in [0.2, 0.25) is 0 Å². The molecule has 6 nitrogen and oxygen atoms in total. The lowest BCUT2D eigenvalue weighted by molar-refractivity contribution is -0.883. The number of quaternary nitrogens is 1. The Morgan fingerprint density at radius 1 is 1.08 bits per heavy atom. The number of benzene rings is 1. The van der Waals surface area contributed by atoms with E-state index in [1.165, 1.54) is 9.21 Å². The van der Waals surface area contributed by atoms with Crippen molar-refractivity contribution >= 4 is 15.9 Å². The molecular formula is C18H28N3O3S+. The molecule has 1 atom stereocenters. The smallest absolute Gasteiger partial charge is 0.243 e. The summed E-state index contributed by atoms with van der Waals surface area (Å²) in [4.78, 5) is 16.6. The van der Waals surface area contributed by atoms with Gasteiger partial charge in [-0.3, -0.25) is 4.79 Å². The number of likely N-dealkylation sites (N-methyl/N-ethyl adjacent to an activating group) is 1. The lowest BCUT2D eigenvalue weighted by atomic mass is 10.0. The molecule has 0 aliphatic carbocycles. The van der Waals surface area contributed by atoms with Gasteiger partial charge in [-0.1, -0.05) is 24.1 Å². The molecule has 138 valence electrons. The van der Waals surface area contributed by atoms with Crippen LogP contribution in [0.4, 0.5) is 0 Å². The van der Waals surface area contributed by atoms with Crippen LogP contribution in [0.5, 0.6) is 0 Å². The normalized spacial score (nSPS) is 23.6. The molecule has 1 aromatic rings. The Labute approximate surface area is 150 Å². The largest absolute Gasteiger partial charge is 0.334 e. The van der Waals surface area contributed by atoms with E-state index in [4.69, 9.17) is 0 Å². The van der Waals surface area contributed by atoms with E-state index in [0.717, 1.165) is 31.5 Å². The summed E-state index contributed by atoms with van der Waals surface area (Å²) < 4.78 is 27.6. The summed E-state index contributed by atoms with van der Waals surface area (Å²) in [7, 11) is -1.52. The number of piperazine rings is 1. The fourth-order valence-corrected chi connectivity index (χ4v) is 5.26. The van der Waals surface area contributed by atoms with Gasteiger partial charge in [0.15, 0.2) is 0 Å². The maximum atomic E-state index is 13.1. The van der Waals surface area contributed by atoms with Crippen LogP contribution >= 0.6 is 0 Å². The highest BCUT2D eigenvalue weighted by atomic mass is 32.2. The maximum absolute atomic E-state index is 13.1. The van der Waals surface area contributed by atoms with Gasteiger partial charge < -0.3 is 9.80 Å². The quantitative estimate of drug-likeness (QED) is 0.812. The van der Waals surface area contributed by atoms with Crippen molar-refractivity contribution in [3.05, 3.63) is 29.8 Å². The van der Waals surface area contributed by atoms with E-state index in [0.29, 0.717) is 26.1 Å². The SMILES string of the molecule is Cc1ccc(S(=O)(=O)N2CCCC[C@H]2C(=O)N2CC[NH+](C)CC2)cc1. The standard InChI is InChI=1S/C18H27N3O3S/c1-15-6-8-16(9-7-15)25(23,24)21-10-4-3-5-17(21)18(22)20-13-11-19(2)12-14-20/h6-9,17H,3-5,10-14H2,1-2H3/p+1/t17-/m0/s1. The Balaban J connectivity index is 1.83. The predicted molar refractivity (Wildman–Crippen MR) is 95.9 cm³/mol. The van der Waals surface area contributed by atoms with E-state index in [1.54, 1.807) is 24.3 Å². The average Bonchev–Trinajstić information content (AvgIpc) is 2.62.